The van der Waals surface area contributed by atoms with Crippen molar-refractivity contribution in [2.45, 2.75) is 58.5 Å². The van der Waals surface area contributed by atoms with E-state index < -0.39 is 0 Å². The molecule has 21 heavy (non-hydrogen) atoms. The zero-order valence-electron chi connectivity index (χ0n) is 13.6. The van der Waals surface area contributed by atoms with Crippen molar-refractivity contribution in [3.05, 3.63) is 35.4 Å². The first-order chi connectivity index (χ1) is 9.95. The molecule has 1 aliphatic carbocycles. The molecule has 1 saturated carbocycles. The van der Waals surface area contributed by atoms with Gasteiger partial charge in [-0.2, -0.15) is 0 Å². The van der Waals surface area contributed by atoms with Gasteiger partial charge < -0.3 is 10.6 Å². The van der Waals surface area contributed by atoms with Gasteiger partial charge in [-0.15, -0.1) is 0 Å². The molecule has 2 rings (SSSR count). The lowest BCUT2D eigenvalue weighted by Crippen LogP contribution is -2.51. The van der Waals surface area contributed by atoms with Gasteiger partial charge in [0.1, 0.15) is 0 Å². The van der Waals surface area contributed by atoms with Crippen LogP contribution in [-0.4, -0.2) is 24.5 Å². The molecule has 1 fully saturated rings. The summed E-state index contributed by atoms with van der Waals surface area (Å²) in [5, 5.41) is 6.42. The van der Waals surface area contributed by atoms with Crippen LogP contribution in [0.15, 0.2) is 24.3 Å². The fraction of sp³-hybridized carbons (Fsp3) is 0.611. The van der Waals surface area contributed by atoms with Crippen molar-refractivity contribution in [3.8, 4) is 0 Å². The SMILES string of the molecule is Cc1ccc(C2CC(NC(C)C(=O)NCC(C)C)C2)cc1. The molecule has 1 aromatic rings. The predicted molar refractivity (Wildman–Crippen MR) is 87.4 cm³/mol. The molecule has 116 valence electrons. The number of carbonyl (C=O) groups excluding carboxylic acids is 1. The Balaban J connectivity index is 1.72. The lowest BCUT2D eigenvalue weighted by molar-refractivity contribution is -0.123. The maximum atomic E-state index is 11.9. The molecular formula is C18H28N2O. The van der Waals surface area contributed by atoms with Gasteiger partial charge in [0.25, 0.3) is 0 Å². The summed E-state index contributed by atoms with van der Waals surface area (Å²) in [4.78, 5) is 11.9. The number of rotatable bonds is 6. The Hall–Kier alpha value is -1.35. The van der Waals surface area contributed by atoms with E-state index in [0.717, 1.165) is 19.4 Å². The van der Waals surface area contributed by atoms with E-state index in [1.165, 1.54) is 11.1 Å². The zero-order valence-corrected chi connectivity index (χ0v) is 13.6. The number of carbonyl (C=O) groups is 1. The van der Waals surface area contributed by atoms with Crippen LogP contribution in [0.25, 0.3) is 0 Å². The molecular weight excluding hydrogens is 260 g/mol. The molecule has 1 amide bonds. The molecule has 3 heteroatoms. The highest BCUT2D eigenvalue weighted by molar-refractivity contribution is 5.81. The van der Waals surface area contributed by atoms with Crippen LogP contribution in [0.2, 0.25) is 0 Å². The number of benzene rings is 1. The highest BCUT2D eigenvalue weighted by Gasteiger charge is 2.31. The molecule has 0 aliphatic heterocycles. The molecule has 0 bridgehead atoms. The molecule has 2 N–H and O–H groups in total. The van der Waals surface area contributed by atoms with Crippen LogP contribution in [0.1, 0.15) is 50.7 Å². The third-order valence-corrected chi connectivity index (χ3v) is 4.25. The molecule has 1 atom stereocenters. The van der Waals surface area contributed by atoms with Crippen molar-refractivity contribution in [1.29, 1.82) is 0 Å². The van der Waals surface area contributed by atoms with Crippen LogP contribution in [0, 0.1) is 12.8 Å². The van der Waals surface area contributed by atoms with Gasteiger partial charge in [0.15, 0.2) is 0 Å². The fourth-order valence-corrected chi connectivity index (χ4v) is 2.75. The van der Waals surface area contributed by atoms with Crippen LogP contribution in [0.5, 0.6) is 0 Å². The van der Waals surface area contributed by atoms with Gasteiger partial charge in [-0.1, -0.05) is 43.7 Å². The largest absolute Gasteiger partial charge is 0.354 e. The third kappa shape index (κ3) is 4.57. The standard InChI is InChI=1S/C18H28N2O/c1-12(2)11-19-18(21)14(4)20-17-9-16(10-17)15-7-5-13(3)6-8-15/h5-8,12,14,16-17,20H,9-11H2,1-4H3,(H,19,21). The summed E-state index contributed by atoms with van der Waals surface area (Å²) in [5.74, 6) is 1.26. The molecule has 0 spiro atoms. The van der Waals surface area contributed by atoms with Crippen LogP contribution in [0.3, 0.4) is 0 Å². The summed E-state index contributed by atoms with van der Waals surface area (Å²) >= 11 is 0. The van der Waals surface area contributed by atoms with Crippen molar-refractivity contribution in [1.82, 2.24) is 10.6 Å². The highest BCUT2D eigenvalue weighted by atomic mass is 16.2. The molecule has 1 unspecified atom stereocenters. The van der Waals surface area contributed by atoms with Crippen molar-refractivity contribution in [3.63, 3.8) is 0 Å². The minimum absolute atomic E-state index is 0.104. The summed E-state index contributed by atoms with van der Waals surface area (Å²) in [6.07, 6.45) is 2.26. The second-order valence-electron chi connectivity index (χ2n) is 6.80. The normalized spacial score (nSPS) is 22.7. The van der Waals surface area contributed by atoms with E-state index in [9.17, 15) is 4.79 Å². The van der Waals surface area contributed by atoms with Crippen LogP contribution in [0.4, 0.5) is 0 Å². The molecule has 1 aliphatic rings. The Kier molecular flexibility index (Phi) is 5.40. The topological polar surface area (TPSA) is 41.1 Å². The Bertz CT molecular complexity index is 461. The monoisotopic (exact) mass is 288 g/mol. The molecule has 0 heterocycles. The average molecular weight is 288 g/mol. The third-order valence-electron chi connectivity index (χ3n) is 4.25. The molecule has 3 nitrogen and oxygen atoms in total. The lowest BCUT2D eigenvalue weighted by Gasteiger charge is -2.38. The first-order valence-electron chi connectivity index (χ1n) is 8.06. The van der Waals surface area contributed by atoms with Crippen LogP contribution < -0.4 is 10.6 Å². The Morgan fingerprint density at radius 2 is 1.81 bits per heavy atom. The quantitative estimate of drug-likeness (QED) is 0.845. The van der Waals surface area contributed by atoms with E-state index in [1.54, 1.807) is 0 Å². The van der Waals surface area contributed by atoms with E-state index in [0.29, 0.717) is 17.9 Å². The summed E-state index contributed by atoms with van der Waals surface area (Å²) in [6.45, 7) is 9.04. The Labute approximate surface area is 128 Å². The molecule has 0 saturated heterocycles. The fourth-order valence-electron chi connectivity index (χ4n) is 2.75. The summed E-state index contributed by atoms with van der Waals surface area (Å²) in [6, 6.07) is 9.18. The Morgan fingerprint density at radius 3 is 2.38 bits per heavy atom. The van der Waals surface area contributed by atoms with Crippen molar-refractivity contribution in [2.24, 2.45) is 5.92 Å². The maximum Gasteiger partial charge on any atom is 0.236 e. The molecule has 1 aromatic carbocycles. The van der Waals surface area contributed by atoms with E-state index in [1.807, 2.05) is 6.92 Å². The summed E-state index contributed by atoms with van der Waals surface area (Å²) in [7, 11) is 0. The summed E-state index contributed by atoms with van der Waals surface area (Å²) < 4.78 is 0. The van der Waals surface area contributed by atoms with Gasteiger partial charge in [0, 0.05) is 12.6 Å². The van der Waals surface area contributed by atoms with Crippen molar-refractivity contribution < 1.29 is 4.79 Å². The van der Waals surface area contributed by atoms with Gasteiger partial charge in [0.05, 0.1) is 6.04 Å². The van der Waals surface area contributed by atoms with E-state index in [4.69, 9.17) is 0 Å². The van der Waals surface area contributed by atoms with Crippen molar-refractivity contribution in [2.75, 3.05) is 6.54 Å². The van der Waals surface area contributed by atoms with E-state index in [2.05, 4.69) is 55.7 Å². The van der Waals surface area contributed by atoms with Gasteiger partial charge in [-0.25, -0.2) is 0 Å². The second kappa shape index (κ2) is 7.08. The zero-order chi connectivity index (χ0) is 15.4. The van der Waals surface area contributed by atoms with Crippen LogP contribution in [-0.2, 0) is 4.79 Å². The lowest BCUT2D eigenvalue weighted by atomic mass is 9.75. The van der Waals surface area contributed by atoms with Crippen molar-refractivity contribution >= 4 is 5.91 Å². The number of aryl methyl sites for hydroxylation is 1. The second-order valence-corrected chi connectivity index (χ2v) is 6.80. The predicted octanol–water partition coefficient (Wildman–Crippen LogP) is 2.99. The van der Waals surface area contributed by atoms with Gasteiger partial charge in [-0.3, -0.25) is 4.79 Å². The highest BCUT2D eigenvalue weighted by Crippen LogP contribution is 2.37. The minimum atomic E-state index is -0.104. The average Bonchev–Trinajstić information content (AvgIpc) is 2.40. The number of nitrogens with one attached hydrogen (secondary N) is 2. The van der Waals surface area contributed by atoms with Crippen LogP contribution >= 0.6 is 0 Å². The first kappa shape index (κ1) is 16.0. The minimum Gasteiger partial charge on any atom is -0.354 e. The number of amides is 1. The number of hydrogen-bond donors (Lipinski definition) is 2. The Morgan fingerprint density at radius 1 is 1.19 bits per heavy atom. The van der Waals surface area contributed by atoms with E-state index in [-0.39, 0.29) is 11.9 Å². The van der Waals surface area contributed by atoms with E-state index >= 15 is 0 Å². The maximum absolute atomic E-state index is 11.9. The molecule has 0 aromatic heterocycles. The van der Waals surface area contributed by atoms with Gasteiger partial charge >= 0.3 is 0 Å². The van der Waals surface area contributed by atoms with Gasteiger partial charge in [0.2, 0.25) is 5.91 Å². The molecule has 0 radical (unpaired) electrons. The smallest absolute Gasteiger partial charge is 0.236 e. The number of hydrogen-bond acceptors (Lipinski definition) is 2. The first-order valence-corrected chi connectivity index (χ1v) is 8.06. The van der Waals surface area contributed by atoms with Gasteiger partial charge in [-0.05, 0) is 44.1 Å². The summed E-state index contributed by atoms with van der Waals surface area (Å²) in [5.41, 5.74) is 2.73.